The highest BCUT2D eigenvalue weighted by Gasteiger charge is 2.18. The van der Waals surface area contributed by atoms with Gasteiger partial charge in [-0.25, -0.2) is 4.79 Å². The molecule has 0 aliphatic carbocycles. The molecule has 0 fully saturated rings. The first-order chi connectivity index (χ1) is 15.0. The number of Topliss-reactive ketones (excluding diaryl/α,β-unsaturated/α-hetero) is 1. The third kappa shape index (κ3) is 7.39. The standard InChI is InChI=1S/C22H25NO7S/c1-3-21(26)30-23-15(2)22(27)17-6-4-5-7-19(17)31-20-9-8-16(28-12-10-24)14-18(20)29-13-11-25/h4-9,14,24-25H,3,10-13H2,1-2H3/b23-15+. The Balaban J connectivity index is 2.30. The van der Waals surface area contributed by atoms with E-state index in [9.17, 15) is 9.59 Å². The molecule has 8 nitrogen and oxygen atoms in total. The van der Waals surface area contributed by atoms with Gasteiger partial charge in [0, 0.05) is 22.9 Å². The van der Waals surface area contributed by atoms with Crippen LogP contribution >= 0.6 is 11.8 Å². The van der Waals surface area contributed by atoms with Gasteiger partial charge < -0.3 is 24.5 Å². The molecule has 0 atom stereocenters. The van der Waals surface area contributed by atoms with Gasteiger partial charge in [-0.3, -0.25) is 4.79 Å². The van der Waals surface area contributed by atoms with Crippen LogP contribution in [-0.2, 0) is 9.63 Å². The van der Waals surface area contributed by atoms with Crippen molar-refractivity contribution in [1.82, 2.24) is 0 Å². The van der Waals surface area contributed by atoms with Crippen LogP contribution in [-0.4, -0.2) is 54.1 Å². The van der Waals surface area contributed by atoms with E-state index in [2.05, 4.69) is 5.16 Å². The zero-order valence-electron chi connectivity index (χ0n) is 17.4. The third-order valence-corrected chi connectivity index (χ3v) is 5.01. The first-order valence-corrected chi connectivity index (χ1v) is 10.5. The van der Waals surface area contributed by atoms with Crippen LogP contribution in [0.4, 0.5) is 0 Å². The minimum absolute atomic E-state index is 0.0550. The highest BCUT2D eigenvalue weighted by Crippen LogP contribution is 2.39. The molecule has 0 aliphatic heterocycles. The molecule has 2 aromatic carbocycles. The summed E-state index contributed by atoms with van der Waals surface area (Å²) in [7, 11) is 0. The minimum atomic E-state index is -0.524. The van der Waals surface area contributed by atoms with Gasteiger partial charge >= 0.3 is 5.97 Å². The molecule has 31 heavy (non-hydrogen) atoms. The molecule has 0 amide bonds. The summed E-state index contributed by atoms with van der Waals surface area (Å²) in [6.07, 6.45) is 0.159. The van der Waals surface area contributed by atoms with Crippen molar-refractivity contribution in [3.8, 4) is 11.5 Å². The summed E-state index contributed by atoms with van der Waals surface area (Å²) in [5.41, 5.74) is 0.453. The Morgan fingerprint density at radius 1 is 1.00 bits per heavy atom. The first kappa shape index (κ1) is 24.4. The number of aliphatic hydroxyl groups is 2. The lowest BCUT2D eigenvalue weighted by atomic mass is 10.1. The number of ketones is 1. The Morgan fingerprint density at radius 2 is 1.71 bits per heavy atom. The average Bonchev–Trinajstić information content (AvgIpc) is 2.80. The number of hydrogen-bond acceptors (Lipinski definition) is 9. The SMILES string of the molecule is CCC(=O)O/N=C(\C)C(=O)c1ccccc1Sc1ccc(OCCO)cc1OCCO. The molecule has 0 unspecified atom stereocenters. The molecule has 0 heterocycles. The van der Waals surface area contributed by atoms with Crippen molar-refractivity contribution in [3.05, 3.63) is 48.0 Å². The zero-order valence-corrected chi connectivity index (χ0v) is 18.2. The van der Waals surface area contributed by atoms with E-state index in [1.165, 1.54) is 18.7 Å². The number of carbonyl (C=O) groups excluding carboxylic acids is 2. The van der Waals surface area contributed by atoms with Gasteiger partial charge in [0.2, 0.25) is 5.78 Å². The maximum Gasteiger partial charge on any atom is 0.334 e. The van der Waals surface area contributed by atoms with Gasteiger partial charge in [0.25, 0.3) is 0 Å². The summed E-state index contributed by atoms with van der Waals surface area (Å²) >= 11 is 1.30. The number of benzene rings is 2. The van der Waals surface area contributed by atoms with E-state index < -0.39 is 5.97 Å². The summed E-state index contributed by atoms with van der Waals surface area (Å²) in [6, 6.07) is 12.1. The van der Waals surface area contributed by atoms with E-state index >= 15 is 0 Å². The number of ether oxygens (including phenoxy) is 2. The molecule has 166 valence electrons. The smallest absolute Gasteiger partial charge is 0.334 e. The second kappa shape index (κ2) is 12.7. The molecule has 0 aromatic heterocycles. The fraction of sp³-hybridized carbons (Fsp3) is 0.318. The predicted molar refractivity (Wildman–Crippen MR) is 116 cm³/mol. The molecule has 2 rings (SSSR count). The Morgan fingerprint density at radius 3 is 2.42 bits per heavy atom. The highest BCUT2D eigenvalue weighted by molar-refractivity contribution is 7.99. The van der Waals surface area contributed by atoms with E-state index in [-0.39, 0.29) is 44.3 Å². The molecule has 0 saturated carbocycles. The summed E-state index contributed by atoms with van der Waals surface area (Å²) < 4.78 is 11.0. The summed E-state index contributed by atoms with van der Waals surface area (Å²) in [4.78, 5) is 30.2. The lowest BCUT2D eigenvalue weighted by Crippen LogP contribution is -2.13. The minimum Gasteiger partial charge on any atom is -0.491 e. The van der Waals surface area contributed by atoms with Crippen LogP contribution in [0.5, 0.6) is 11.5 Å². The lowest BCUT2D eigenvalue weighted by molar-refractivity contribution is -0.143. The Labute approximate surface area is 184 Å². The van der Waals surface area contributed by atoms with Crippen molar-refractivity contribution in [2.24, 2.45) is 5.16 Å². The van der Waals surface area contributed by atoms with Crippen molar-refractivity contribution < 1.29 is 34.1 Å². The predicted octanol–water partition coefficient (Wildman–Crippen LogP) is 3.09. The number of hydrogen-bond donors (Lipinski definition) is 2. The summed E-state index contributed by atoms with van der Waals surface area (Å²) in [6.45, 7) is 3.07. The van der Waals surface area contributed by atoms with E-state index in [4.69, 9.17) is 24.5 Å². The van der Waals surface area contributed by atoms with Crippen LogP contribution in [0.3, 0.4) is 0 Å². The van der Waals surface area contributed by atoms with Crippen LogP contribution in [0, 0.1) is 0 Å². The summed E-state index contributed by atoms with van der Waals surface area (Å²) in [5, 5.41) is 21.7. The van der Waals surface area contributed by atoms with Crippen molar-refractivity contribution in [3.63, 3.8) is 0 Å². The molecule has 0 saturated heterocycles. The van der Waals surface area contributed by atoms with Crippen LogP contribution in [0.25, 0.3) is 0 Å². The van der Waals surface area contributed by atoms with Gasteiger partial charge in [0.15, 0.2) is 0 Å². The molecule has 9 heteroatoms. The van der Waals surface area contributed by atoms with Crippen molar-refractivity contribution in [2.75, 3.05) is 26.4 Å². The van der Waals surface area contributed by atoms with E-state index in [1.54, 1.807) is 49.4 Å². The van der Waals surface area contributed by atoms with Crippen molar-refractivity contribution >= 4 is 29.2 Å². The normalized spacial score (nSPS) is 11.2. The second-order valence-corrected chi connectivity index (χ2v) is 7.26. The molecule has 0 bridgehead atoms. The fourth-order valence-corrected chi connectivity index (χ4v) is 3.39. The molecule has 0 aliphatic rings. The lowest BCUT2D eigenvalue weighted by Gasteiger charge is -2.14. The van der Waals surface area contributed by atoms with E-state index in [0.717, 1.165) is 0 Å². The maximum absolute atomic E-state index is 12.8. The first-order valence-electron chi connectivity index (χ1n) is 9.67. The van der Waals surface area contributed by atoms with Crippen molar-refractivity contribution in [2.45, 2.75) is 30.1 Å². The molecule has 0 radical (unpaired) electrons. The number of nitrogens with zero attached hydrogens (tertiary/aromatic N) is 1. The Hall–Kier alpha value is -2.88. The van der Waals surface area contributed by atoms with Gasteiger partial charge in [-0.05, 0) is 31.2 Å². The average molecular weight is 448 g/mol. The Kier molecular flexibility index (Phi) is 10.0. The van der Waals surface area contributed by atoms with Gasteiger partial charge in [-0.2, -0.15) is 0 Å². The second-order valence-electron chi connectivity index (χ2n) is 6.17. The van der Waals surface area contributed by atoms with Crippen LogP contribution in [0.2, 0.25) is 0 Å². The monoisotopic (exact) mass is 447 g/mol. The third-order valence-electron chi connectivity index (χ3n) is 3.88. The topological polar surface area (TPSA) is 115 Å². The number of oxime groups is 1. The van der Waals surface area contributed by atoms with E-state index in [0.29, 0.717) is 26.9 Å². The van der Waals surface area contributed by atoms with Crippen LogP contribution < -0.4 is 9.47 Å². The highest BCUT2D eigenvalue weighted by atomic mass is 32.2. The molecular weight excluding hydrogens is 422 g/mol. The fourth-order valence-electron chi connectivity index (χ4n) is 2.38. The zero-order chi connectivity index (χ0) is 22.6. The number of carbonyl (C=O) groups is 2. The largest absolute Gasteiger partial charge is 0.491 e. The number of rotatable bonds is 12. The molecular formula is C22H25NO7S. The van der Waals surface area contributed by atoms with Crippen LogP contribution in [0.15, 0.2) is 57.4 Å². The molecule has 0 spiro atoms. The van der Waals surface area contributed by atoms with Gasteiger partial charge in [0.1, 0.15) is 30.4 Å². The Bertz CT molecular complexity index is 930. The van der Waals surface area contributed by atoms with Gasteiger partial charge in [-0.15, -0.1) is 0 Å². The van der Waals surface area contributed by atoms with Crippen LogP contribution in [0.1, 0.15) is 30.6 Å². The van der Waals surface area contributed by atoms with Gasteiger partial charge in [-0.1, -0.05) is 36.0 Å². The van der Waals surface area contributed by atoms with Crippen molar-refractivity contribution in [1.29, 1.82) is 0 Å². The van der Waals surface area contributed by atoms with Gasteiger partial charge in [0.05, 0.1) is 18.1 Å². The number of aliphatic hydroxyl groups excluding tert-OH is 2. The quantitative estimate of drug-likeness (QED) is 0.221. The van der Waals surface area contributed by atoms with E-state index in [1.807, 2.05) is 0 Å². The molecule has 2 aromatic rings. The summed E-state index contributed by atoms with van der Waals surface area (Å²) in [5.74, 6) is 0.0899. The molecule has 2 N–H and O–H groups in total. The maximum atomic E-state index is 12.8.